The van der Waals surface area contributed by atoms with E-state index in [1.807, 2.05) is 6.07 Å². The molecule has 0 aliphatic rings. The summed E-state index contributed by atoms with van der Waals surface area (Å²) < 4.78 is 5.57. The summed E-state index contributed by atoms with van der Waals surface area (Å²) in [6, 6.07) is 5.18. The van der Waals surface area contributed by atoms with E-state index in [1.54, 1.807) is 12.1 Å². The number of hydrogen-bond donors (Lipinski definition) is 2. The summed E-state index contributed by atoms with van der Waals surface area (Å²) in [5.41, 5.74) is 1.13. The maximum Gasteiger partial charge on any atom is 0.128 e. The van der Waals surface area contributed by atoms with Crippen LogP contribution in [0.3, 0.4) is 0 Å². The highest BCUT2D eigenvalue weighted by Gasteiger charge is 2.11. The lowest BCUT2D eigenvalue weighted by Gasteiger charge is -2.10. The Hall–Kier alpha value is -1.71. The number of phenols is 1. The minimum Gasteiger partial charge on any atom is -0.507 e. The lowest BCUT2D eigenvalue weighted by molar-refractivity contribution is 0.307. The van der Waals surface area contributed by atoms with Crippen molar-refractivity contribution >= 4 is 5.71 Å². The van der Waals surface area contributed by atoms with Gasteiger partial charge in [0, 0.05) is 11.6 Å². The highest BCUT2D eigenvalue weighted by Crippen LogP contribution is 2.26. The fraction of sp³-hybridized carbons (Fsp3) is 0.632. The van der Waals surface area contributed by atoms with Crippen molar-refractivity contribution in [2.75, 3.05) is 6.61 Å². The summed E-state index contributed by atoms with van der Waals surface area (Å²) in [6.07, 6.45) is 9.82. The Morgan fingerprint density at radius 2 is 1.70 bits per heavy atom. The smallest absolute Gasteiger partial charge is 0.128 e. The molecule has 0 aliphatic carbocycles. The molecule has 0 aromatic heterocycles. The first-order valence-electron chi connectivity index (χ1n) is 8.90. The summed E-state index contributed by atoms with van der Waals surface area (Å²) in [5, 5.41) is 22.8. The highest BCUT2D eigenvalue weighted by atomic mass is 16.5. The van der Waals surface area contributed by atoms with Crippen molar-refractivity contribution in [1.29, 1.82) is 0 Å². The van der Waals surface area contributed by atoms with Crippen LogP contribution in [-0.4, -0.2) is 22.6 Å². The van der Waals surface area contributed by atoms with Crippen LogP contribution in [0.25, 0.3) is 0 Å². The van der Waals surface area contributed by atoms with Crippen molar-refractivity contribution in [3.8, 4) is 11.5 Å². The van der Waals surface area contributed by atoms with Crippen LogP contribution in [0, 0.1) is 0 Å². The number of aromatic hydroxyl groups is 1. The summed E-state index contributed by atoms with van der Waals surface area (Å²) in [6.45, 7) is 4.96. The van der Waals surface area contributed by atoms with Crippen LogP contribution >= 0.6 is 0 Å². The fourth-order valence-electron chi connectivity index (χ4n) is 2.49. The van der Waals surface area contributed by atoms with Gasteiger partial charge in [-0.2, -0.15) is 0 Å². The largest absolute Gasteiger partial charge is 0.507 e. The van der Waals surface area contributed by atoms with Crippen LogP contribution in [0.4, 0.5) is 0 Å². The van der Waals surface area contributed by atoms with Gasteiger partial charge in [-0.1, -0.05) is 57.5 Å². The zero-order chi connectivity index (χ0) is 16.9. The van der Waals surface area contributed by atoms with Gasteiger partial charge in [-0.05, 0) is 31.4 Å². The predicted octanol–water partition coefficient (Wildman–Crippen LogP) is 5.50. The third-order valence-corrected chi connectivity index (χ3v) is 3.93. The normalized spacial score (nSPS) is 11.7. The molecule has 0 fully saturated rings. The first-order valence-corrected chi connectivity index (χ1v) is 8.90. The number of oxime groups is 1. The molecule has 0 unspecified atom stereocenters. The first-order chi connectivity index (χ1) is 11.2. The second kappa shape index (κ2) is 11.8. The number of hydrogen-bond acceptors (Lipinski definition) is 4. The van der Waals surface area contributed by atoms with Gasteiger partial charge < -0.3 is 15.1 Å². The van der Waals surface area contributed by atoms with Crippen molar-refractivity contribution in [1.82, 2.24) is 0 Å². The minimum absolute atomic E-state index is 0.109. The Morgan fingerprint density at radius 1 is 1.00 bits per heavy atom. The minimum atomic E-state index is 0.109. The average Bonchev–Trinajstić information content (AvgIpc) is 2.55. The number of unbranched alkanes of at least 4 members (excludes halogenated alkanes) is 6. The van der Waals surface area contributed by atoms with E-state index >= 15 is 0 Å². The lowest BCUT2D eigenvalue weighted by Crippen LogP contribution is -2.03. The Morgan fingerprint density at radius 3 is 2.35 bits per heavy atom. The molecule has 130 valence electrons. The zero-order valence-corrected chi connectivity index (χ0v) is 14.6. The van der Waals surface area contributed by atoms with Gasteiger partial charge in [-0.15, -0.1) is 0 Å². The standard InChI is InChI=1S/C19H31NO3/c1-3-5-7-8-9-10-11-18(20-22)17-13-12-16(15-19(17)21)23-14-6-4-2/h12-13,15,21-22H,3-11,14H2,1-2H3. The molecule has 23 heavy (non-hydrogen) atoms. The van der Waals surface area contributed by atoms with E-state index in [0.29, 0.717) is 30.1 Å². The van der Waals surface area contributed by atoms with Gasteiger partial charge in [-0.3, -0.25) is 0 Å². The molecule has 0 spiro atoms. The lowest BCUT2D eigenvalue weighted by atomic mass is 10.0. The topological polar surface area (TPSA) is 62.1 Å². The molecule has 1 aromatic rings. The van der Waals surface area contributed by atoms with Gasteiger partial charge in [0.05, 0.1) is 12.3 Å². The van der Waals surface area contributed by atoms with E-state index in [0.717, 1.165) is 25.7 Å². The molecular weight excluding hydrogens is 290 g/mol. The van der Waals surface area contributed by atoms with E-state index in [9.17, 15) is 10.3 Å². The Balaban J connectivity index is 2.51. The number of ether oxygens (including phenoxy) is 1. The molecule has 0 saturated carbocycles. The van der Waals surface area contributed by atoms with Crippen LogP contribution in [0.2, 0.25) is 0 Å². The van der Waals surface area contributed by atoms with E-state index in [2.05, 4.69) is 19.0 Å². The Kier molecular flexibility index (Phi) is 9.92. The SMILES string of the molecule is CCCCCCCCC(=NO)c1ccc(OCCCC)cc1O. The number of benzene rings is 1. The zero-order valence-electron chi connectivity index (χ0n) is 14.6. The second-order valence-electron chi connectivity index (χ2n) is 5.95. The monoisotopic (exact) mass is 321 g/mol. The van der Waals surface area contributed by atoms with Crippen LogP contribution in [-0.2, 0) is 0 Å². The molecule has 1 aromatic carbocycles. The Bertz CT molecular complexity index is 472. The van der Waals surface area contributed by atoms with Gasteiger partial charge in [0.2, 0.25) is 0 Å². The molecule has 0 aliphatic heterocycles. The fourth-order valence-corrected chi connectivity index (χ4v) is 2.49. The third-order valence-electron chi connectivity index (χ3n) is 3.93. The molecule has 0 radical (unpaired) electrons. The molecular formula is C19H31NO3. The van der Waals surface area contributed by atoms with Gasteiger partial charge in [0.25, 0.3) is 0 Å². The number of phenolic OH excluding ortho intramolecular Hbond substituents is 1. The molecule has 0 amide bonds. The maximum absolute atomic E-state index is 10.2. The molecule has 0 atom stereocenters. The number of rotatable bonds is 12. The van der Waals surface area contributed by atoms with Crippen molar-refractivity contribution < 1.29 is 15.1 Å². The van der Waals surface area contributed by atoms with Gasteiger partial charge in [0.1, 0.15) is 11.5 Å². The summed E-state index contributed by atoms with van der Waals surface area (Å²) >= 11 is 0. The summed E-state index contributed by atoms with van der Waals surface area (Å²) in [5.74, 6) is 0.759. The van der Waals surface area contributed by atoms with E-state index in [1.165, 1.54) is 25.7 Å². The van der Waals surface area contributed by atoms with Gasteiger partial charge >= 0.3 is 0 Å². The molecule has 0 saturated heterocycles. The van der Waals surface area contributed by atoms with Gasteiger partial charge in [0.15, 0.2) is 0 Å². The summed E-state index contributed by atoms with van der Waals surface area (Å²) in [7, 11) is 0. The van der Waals surface area contributed by atoms with Crippen molar-refractivity contribution in [2.24, 2.45) is 5.16 Å². The molecule has 1 rings (SSSR count). The quantitative estimate of drug-likeness (QED) is 0.231. The summed E-state index contributed by atoms with van der Waals surface area (Å²) in [4.78, 5) is 0. The van der Waals surface area contributed by atoms with Crippen molar-refractivity contribution in [3.63, 3.8) is 0 Å². The first kappa shape index (κ1) is 19.3. The molecule has 0 heterocycles. The maximum atomic E-state index is 10.2. The molecule has 4 heteroatoms. The van der Waals surface area contributed by atoms with Gasteiger partial charge in [-0.25, -0.2) is 0 Å². The number of nitrogens with zero attached hydrogens (tertiary/aromatic N) is 1. The second-order valence-corrected chi connectivity index (χ2v) is 5.95. The van der Waals surface area contributed by atoms with Crippen LogP contribution in [0.5, 0.6) is 11.5 Å². The van der Waals surface area contributed by atoms with Crippen LogP contribution in [0.1, 0.15) is 77.2 Å². The third kappa shape index (κ3) is 7.40. The Labute approximate surface area is 140 Å². The van der Waals surface area contributed by atoms with Crippen molar-refractivity contribution in [2.45, 2.75) is 71.6 Å². The van der Waals surface area contributed by atoms with E-state index in [-0.39, 0.29) is 5.75 Å². The van der Waals surface area contributed by atoms with Crippen LogP contribution < -0.4 is 4.74 Å². The van der Waals surface area contributed by atoms with E-state index < -0.39 is 0 Å². The molecule has 2 N–H and O–H groups in total. The average molecular weight is 321 g/mol. The predicted molar refractivity (Wildman–Crippen MR) is 94.8 cm³/mol. The highest BCUT2D eigenvalue weighted by molar-refractivity contribution is 6.02. The van der Waals surface area contributed by atoms with Crippen LogP contribution in [0.15, 0.2) is 23.4 Å². The molecule has 4 nitrogen and oxygen atoms in total. The molecule has 0 bridgehead atoms. The van der Waals surface area contributed by atoms with Crippen molar-refractivity contribution in [3.05, 3.63) is 23.8 Å². The van der Waals surface area contributed by atoms with E-state index in [4.69, 9.17) is 4.74 Å².